The van der Waals surface area contributed by atoms with E-state index in [4.69, 9.17) is 9.16 Å². The van der Waals surface area contributed by atoms with Crippen molar-refractivity contribution in [2.24, 2.45) is 0 Å². The Morgan fingerprint density at radius 1 is 1.41 bits per heavy atom. The molecule has 1 aromatic rings. The van der Waals surface area contributed by atoms with E-state index in [9.17, 15) is 0 Å². The number of benzene rings is 1. The first kappa shape index (κ1) is 14.0. The molecule has 0 amide bonds. The van der Waals surface area contributed by atoms with Crippen molar-refractivity contribution in [3.8, 4) is 5.75 Å². The zero-order valence-electron chi connectivity index (χ0n) is 10.6. The normalized spacial score (nSPS) is 12.1. The van der Waals surface area contributed by atoms with Crippen LogP contribution in [0.2, 0.25) is 5.54 Å². The molecule has 0 saturated carbocycles. The van der Waals surface area contributed by atoms with Crippen molar-refractivity contribution in [3.05, 3.63) is 36.4 Å². The predicted molar refractivity (Wildman–Crippen MR) is 73.4 cm³/mol. The number of hydrogen-bond acceptors (Lipinski definition) is 2. The van der Waals surface area contributed by atoms with Crippen LogP contribution in [-0.2, 0) is 4.74 Å². The summed E-state index contributed by atoms with van der Waals surface area (Å²) >= 11 is 0. The Morgan fingerprint density at radius 3 is 2.88 bits per heavy atom. The fourth-order valence-electron chi connectivity index (χ4n) is 1.35. The summed E-state index contributed by atoms with van der Waals surface area (Å²) in [7, 11) is 0.449. The zero-order chi connectivity index (χ0) is 12.5. The van der Waals surface area contributed by atoms with Gasteiger partial charge in [0.25, 0.3) is 0 Å². The summed E-state index contributed by atoms with van der Waals surface area (Å²) in [5.41, 5.74) is 1.58. The number of hydrogen-bond donors (Lipinski definition) is 0. The minimum absolute atomic E-state index is 0.449. The second kappa shape index (κ2) is 8.09. The maximum atomic E-state index is 5.80. The Balaban J connectivity index is 2.44. The van der Waals surface area contributed by atoms with E-state index in [0.717, 1.165) is 30.9 Å². The largest absolute Gasteiger partial charge is 0.540 e. The standard InChI is InChI=1S/C14H20O2Si/c1-4-12-8-7-9-13(10-12)16-17-14(5-2)11-15-6-3/h4,7-10,14H,1,5-6,11H2,2-3H3. The smallest absolute Gasteiger partial charge is 0.316 e. The molecule has 0 saturated heterocycles. The van der Waals surface area contributed by atoms with Crippen LogP contribution in [0.4, 0.5) is 0 Å². The van der Waals surface area contributed by atoms with Gasteiger partial charge in [-0.3, -0.25) is 0 Å². The van der Waals surface area contributed by atoms with Gasteiger partial charge in [0.1, 0.15) is 5.75 Å². The first-order chi connectivity index (χ1) is 8.30. The molecule has 2 radical (unpaired) electrons. The molecule has 1 atom stereocenters. The highest BCUT2D eigenvalue weighted by molar-refractivity contribution is 6.30. The average molecular weight is 248 g/mol. The van der Waals surface area contributed by atoms with Crippen molar-refractivity contribution >= 4 is 15.8 Å². The highest BCUT2D eigenvalue weighted by Crippen LogP contribution is 2.16. The molecule has 0 aromatic heterocycles. The minimum Gasteiger partial charge on any atom is -0.540 e. The van der Waals surface area contributed by atoms with Crippen molar-refractivity contribution in [2.75, 3.05) is 13.2 Å². The van der Waals surface area contributed by atoms with Crippen LogP contribution in [0.15, 0.2) is 30.8 Å². The minimum atomic E-state index is 0.449. The fourth-order valence-corrected chi connectivity index (χ4v) is 2.13. The molecule has 1 rings (SSSR count). The summed E-state index contributed by atoms with van der Waals surface area (Å²) in [5, 5.41) is 0. The van der Waals surface area contributed by atoms with Crippen LogP contribution < -0.4 is 4.43 Å². The molecule has 0 heterocycles. The fraction of sp³-hybridized carbons (Fsp3) is 0.429. The van der Waals surface area contributed by atoms with Crippen LogP contribution in [0, 0.1) is 0 Å². The summed E-state index contributed by atoms with van der Waals surface area (Å²) in [5.74, 6) is 0.913. The van der Waals surface area contributed by atoms with Crippen LogP contribution in [0.25, 0.3) is 6.08 Å². The second-order valence-electron chi connectivity index (χ2n) is 3.76. The molecule has 0 fully saturated rings. The van der Waals surface area contributed by atoms with Crippen molar-refractivity contribution < 1.29 is 9.16 Å². The third kappa shape index (κ3) is 5.19. The van der Waals surface area contributed by atoms with E-state index >= 15 is 0 Å². The van der Waals surface area contributed by atoms with Gasteiger partial charge in [0.15, 0.2) is 0 Å². The molecule has 0 aliphatic carbocycles. The third-order valence-electron chi connectivity index (χ3n) is 2.45. The Labute approximate surface area is 107 Å². The van der Waals surface area contributed by atoms with Gasteiger partial charge in [-0.25, -0.2) is 0 Å². The van der Waals surface area contributed by atoms with Gasteiger partial charge in [-0.15, -0.1) is 0 Å². The molecule has 0 spiro atoms. The lowest BCUT2D eigenvalue weighted by molar-refractivity contribution is 0.142. The van der Waals surface area contributed by atoms with Gasteiger partial charge in [0, 0.05) is 18.8 Å². The van der Waals surface area contributed by atoms with Gasteiger partial charge in [-0.2, -0.15) is 0 Å². The van der Waals surface area contributed by atoms with Crippen molar-refractivity contribution in [3.63, 3.8) is 0 Å². The van der Waals surface area contributed by atoms with Gasteiger partial charge in [-0.05, 0) is 24.6 Å². The lowest BCUT2D eigenvalue weighted by Gasteiger charge is -2.13. The Bertz CT molecular complexity index is 339. The van der Waals surface area contributed by atoms with Crippen LogP contribution in [0.1, 0.15) is 25.8 Å². The lowest BCUT2D eigenvalue weighted by Crippen LogP contribution is -2.16. The Kier molecular flexibility index (Phi) is 6.66. The number of ether oxygens (including phenoxy) is 1. The topological polar surface area (TPSA) is 18.5 Å². The van der Waals surface area contributed by atoms with E-state index in [1.54, 1.807) is 0 Å². The van der Waals surface area contributed by atoms with Crippen LogP contribution >= 0.6 is 0 Å². The van der Waals surface area contributed by atoms with E-state index < -0.39 is 0 Å². The van der Waals surface area contributed by atoms with E-state index in [0.29, 0.717) is 15.3 Å². The predicted octanol–water partition coefficient (Wildman–Crippen LogP) is 3.56. The summed E-state index contributed by atoms with van der Waals surface area (Å²) in [6.45, 7) is 9.49. The maximum Gasteiger partial charge on any atom is 0.316 e. The molecule has 17 heavy (non-hydrogen) atoms. The Morgan fingerprint density at radius 2 is 2.24 bits per heavy atom. The quantitative estimate of drug-likeness (QED) is 0.655. The molecule has 0 aliphatic heterocycles. The first-order valence-corrected chi connectivity index (χ1v) is 7.01. The van der Waals surface area contributed by atoms with Gasteiger partial charge in [0.2, 0.25) is 0 Å². The van der Waals surface area contributed by atoms with E-state index in [-0.39, 0.29) is 0 Å². The molecular formula is C14H20O2Si. The van der Waals surface area contributed by atoms with Gasteiger partial charge >= 0.3 is 9.76 Å². The van der Waals surface area contributed by atoms with Crippen molar-refractivity contribution in [1.29, 1.82) is 0 Å². The summed E-state index contributed by atoms with van der Waals surface area (Å²) < 4.78 is 11.2. The average Bonchev–Trinajstić information content (AvgIpc) is 2.39. The molecule has 1 unspecified atom stereocenters. The highest BCUT2D eigenvalue weighted by atomic mass is 28.2. The Hall–Kier alpha value is -1.06. The molecule has 3 heteroatoms. The van der Waals surface area contributed by atoms with E-state index in [1.807, 2.05) is 37.3 Å². The molecule has 92 valence electrons. The van der Waals surface area contributed by atoms with Gasteiger partial charge < -0.3 is 9.16 Å². The molecule has 0 bridgehead atoms. The zero-order valence-corrected chi connectivity index (χ0v) is 11.6. The molecule has 2 nitrogen and oxygen atoms in total. The summed E-state index contributed by atoms with van der Waals surface area (Å²) in [6.07, 6.45) is 2.91. The van der Waals surface area contributed by atoms with Gasteiger partial charge in [0.05, 0.1) is 0 Å². The van der Waals surface area contributed by atoms with Crippen molar-refractivity contribution in [2.45, 2.75) is 25.8 Å². The van der Waals surface area contributed by atoms with Crippen LogP contribution in [0.3, 0.4) is 0 Å². The van der Waals surface area contributed by atoms with Crippen LogP contribution in [0.5, 0.6) is 5.75 Å². The monoisotopic (exact) mass is 248 g/mol. The van der Waals surface area contributed by atoms with Gasteiger partial charge in [-0.1, -0.05) is 38.1 Å². The lowest BCUT2D eigenvalue weighted by atomic mass is 10.2. The summed E-state index contributed by atoms with van der Waals surface area (Å²) in [4.78, 5) is 0. The molecule has 0 aliphatic rings. The third-order valence-corrected chi connectivity index (χ3v) is 3.71. The molecular weight excluding hydrogens is 228 g/mol. The second-order valence-corrected chi connectivity index (χ2v) is 5.02. The maximum absolute atomic E-state index is 5.80. The van der Waals surface area contributed by atoms with E-state index in [1.165, 1.54) is 0 Å². The van der Waals surface area contributed by atoms with Crippen LogP contribution in [-0.4, -0.2) is 23.0 Å². The van der Waals surface area contributed by atoms with E-state index in [2.05, 4.69) is 13.5 Å². The summed E-state index contributed by atoms with van der Waals surface area (Å²) in [6, 6.07) is 7.99. The SMILES string of the molecule is C=Cc1cccc(O[Si]C(CC)COCC)c1. The molecule has 1 aromatic carbocycles. The highest BCUT2D eigenvalue weighted by Gasteiger charge is 2.10. The first-order valence-electron chi connectivity index (χ1n) is 6.02. The molecule has 0 N–H and O–H groups in total. The number of rotatable bonds is 8. The van der Waals surface area contributed by atoms with Crippen molar-refractivity contribution in [1.82, 2.24) is 0 Å².